The van der Waals surface area contributed by atoms with Crippen molar-refractivity contribution in [2.24, 2.45) is 0 Å². The van der Waals surface area contributed by atoms with E-state index >= 15 is 0 Å². The van der Waals surface area contributed by atoms with E-state index in [0.717, 1.165) is 0 Å². The number of carboxylic acid groups (broad SMARTS) is 1. The molecule has 2 atom stereocenters. The van der Waals surface area contributed by atoms with Crippen LogP contribution in [0.3, 0.4) is 0 Å². The monoisotopic (exact) mass is 147 g/mol. The van der Waals surface area contributed by atoms with E-state index < -0.39 is 24.1 Å². The zero-order valence-corrected chi connectivity index (χ0v) is 5.00. The molecule has 0 radical (unpaired) electrons. The van der Waals surface area contributed by atoms with Crippen LogP contribution in [-0.4, -0.2) is 29.2 Å². The molecule has 1 rings (SSSR count). The smallest absolute Gasteiger partial charge is 0.326 e. The van der Waals surface area contributed by atoms with Crippen LogP contribution >= 0.6 is 0 Å². The minimum absolute atomic E-state index is 0.256. The van der Waals surface area contributed by atoms with Crippen molar-refractivity contribution in [2.45, 2.75) is 18.6 Å². The standard InChI is InChI=1S/C5H6FNO3/c6-2-1-3(5(9)10)7-4(2)8/h2-3H,1H2,(H,7,8)(H,9,10)/t2-,3-/m0/s1. The Labute approximate surface area is 56.0 Å². The van der Waals surface area contributed by atoms with Crippen molar-refractivity contribution in [3.8, 4) is 0 Å². The molecular weight excluding hydrogens is 141 g/mol. The number of nitrogens with one attached hydrogen (secondary N) is 1. The largest absolute Gasteiger partial charge is 0.480 e. The molecule has 1 aliphatic heterocycles. The molecule has 0 bridgehead atoms. The normalized spacial score (nSPS) is 31.9. The van der Waals surface area contributed by atoms with E-state index in [1.54, 1.807) is 0 Å². The number of hydrogen-bond donors (Lipinski definition) is 2. The number of hydrogen-bond acceptors (Lipinski definition) is 2. The van der Waals surface area contributed by atoms with Crippen molar-refractivity contribution >= 4 is 11.9 Å². The summed E-state index contributed by atoms with van der Waals surface area (Å²) >= 11 is 0. The quantitative estimate of drug-likeness (QED) is 0.515. The zero-order valence-electron chi connectivity index (χ0n) is 5.00. The van der Waals surface area contributed by atoms with Crippen LogP contribution in [0.2, 0.25) is 0 Å². The van der Waals surface area contributed by atoms with Gasteiger partial charge in [-0.15, -0.1) is 0 Å². The number of rotatable bonds is 1. The van der Waals surface area contributed by atoms with Gasteiger partial charge in [0.1, 0.15) is 6.04 Å². The van der Waals surface area contributed by atoms with Gasteiger partial charge in [0.05, 0.1) is 0 Å². The van der Waals surface area contributed by atoms with Crippen molar-refractivity contribution in [3.05, 3.63) is 0 Å². The Morgan fingerprint density at radius 3 is 2.60 bits per heavy atom. The lowest BCUT2D eigenvalue weighted by molar-refractivity contribution is -0.140. The number of halogens is 1. The summed E-state index contributed by atoms with van der Waals surface area (Å²) < 4.78 is 12.3. The second-order valence-electron chi connectivity index (χ2n) is 2.10. The van der Waals surface area contributed by atoms with Gasteiger partial charge in [-0.1, -0.05) is 0 Å². The molecule has 0 unspecified atom stereocenters. The molecule has 0 aliphatic carbocycles. The fraction of sp³-hybridized carbons (Fsp3) is 0.600. The van der Waals surface area contributed by atoms with E-state index in [9.17, 15) is 14.0 Å². The van der Waals surface area contributed by atoms with Gasteiger partial charge in [0.2, 0.25) is 0 Å². The Morgan fingerprint density at radius 2 is 2.40 bits per heavy atom. The van der Waals surface area contributed by atoms with Gasteiger partial charge < -0.3 is 10.4 Å². The first-order chi connectivity index (χ1) is 4.61. The topological polar surface area (TPSA) is 66.4 Å². The number of alkyl halides is 1. The highest BCUT2D eigenvalue weighted by atomic mass is 19.1. The number of carbonyl (C=O) groups excluding carboxylic acids is 1. The summed E-state index contributed by atoms with van der Waals surface area (Å²) in [5.41, 5.74) is 0. The number of carbonyl (C=O) groups is 2. The fourth-order valence-corrected chi connectivity index (χ4v) is 0.798. The van der Waals surface area contributed by atoms with Gasteiger partial charge in [0.15, 0.2) is 6.17 Å². The van der Waals surface area contributed by atoms with Crippen LogP contribution in [0, 0.1) is 0 Å². The Kier molecular flexibility index (Phi) is 1.57. The van der Waals surface area contributed by atoms with Gasteiger partial charge in [-0.25, -0.2) is 9.18 Å². The number of aliphatic carboxylic acids is 1. The average Bonchev–Trinajstić information content (AvgIpc) is 2.13. The summed E-state index contributed by atoms with van der Waals surface area (Å²) in [5, 5.41) is 10.3. The van der Waals surface area contributed by atoms with Crippen LogP contribution in [0.1, 0.15) is 6.42 Å². The minimum Gasteiger partial charge on any atom is -0.480 e. The number of carboxylic acids is 1. The lowest BCUT2D eigenvalue weighted by Crippen LogP contribution is -2.32. The van der Waals surface area contributed by atoms with Crippen molar-refractivity contribution in [1.82, 2.24) is 5.32 Å². The first-order valence-corrected chi connectivity index (χ1v) is 2.78. The zero-order chi connectivity index (χ0) is 7.72. The molecular formula is C5H6FNO3. The van der Waals surface area contributed by atoms with E-state index in [4.69, 9.17) is 5.11 Å². The second-order valence-corrected chi connectivity index (χ2v) is 2.10. The molecule has 1 heterocycles. The summed E-state index contributed by atoms with van der Waals surface area (Å²) in [5.74, 6) is -2.01. The van der Waals surface area contributed by atoms with E-state index in [1.165, 1.54) is 0 Å². The molecule has 0 spiro atoms. The molecule has 10 heavy (non-hydrogen) atoms. The van der Waals surface area contributed by atoms with E-state index in [2.05, 4.69) is 0 Å². The molecule has 0 aromatic heterocycles. The first-order valence-electron chi connectivity index (χ1n) is 2.78. The molecule has 4 nitrogen and oxygen atoms in total. The Balaban J connectivity index is 2.57. The molecule has 5 heteroatoms. The van der Waals surface area contributed by atoms with Gasteiger partial charge in [-0.05, 0) is 0 Å². The van der Waals surface area contributed by atoms with Gasteiger partial charge in [0, 0.05) is 6.42 Å². The minimum atomic E-state index is -1.65. The Hall–Kier alpha value is -1.13. The summed E-state index contributed by atoms with van der Waals surface area (Å²) in [6.45, 7) is 0. The third-order valence-corrected chi connectivity index (χ3v) is 1.34. The fourth-order valence-electron chi connectivity index (χ4n) is 0.798. The summed E-state index contributed by atoms with van der Waals surface area (Å²) in [7, 11) is 0. The van der Waals surface area contributed by atoms with Crippen LogP contribution in [0.25, 0.3) is 0 Å². The van der Waals surface area contributed by atoms with Crippen molar-refractivity contribution in [1.29, 1.82) is 0 Å². The molecule has 1 aliphatic rings. The maximum atomic E-state index is 12.3. The molecule has 0 aromatic carbocycles. The number of amides is 1. The highest BCUT2D eigenvalue weighted by Gasteiger charge is 2.35. The second kappa shape index (κ2) is 2.24. The predicted molar refractivity (Wildman–Crippen MR) is 29.1 cm³/mol. The summed E-state index contributed by atoms with van der Waals surface area (Å²) in [4.78, 5) is 20.5. The van der Waals surface area contributed by atoms with Gasteiger partial charge in [-0.3, -0.25) is 4.79 Å². The van der Waals surface area contributed by atoms with Crippen molar-refractivity contribution in [3.63, 3.8) is 0 Å². The van der Waals surface area contributed by atoms with Crippen LogP contribution in [0.5, 0.6) is 0 Å². The van der Waals surface area contributed by atoms with Crippen LogP contribution in [0.4, 0.5) is 4.39 Å². The highest BCUT2D eigenvalue weighted by molar-refractivity contribution is 5.90. The molecule has 56 valence electrons. The van der Waals surface area contributed by atoms with E-state index in [-0.39, 0.29) is 6.42 Å². The molecule has 1 saturated heterocycles. The van der Waals surface area contributed by atoms with Gasteiger partial charge >= 0.3 is 5.97 Å². The molecule has 1 amide bonds. The molecule has 2 N–H and O–H groups in total. The van der Waals surface area contributed by atoms with Crippen molar-refractivity contribution < 1.29 is 19.1 Å². The summed E-state index contributed by atoms with van der Waals surface area (Å²) in [6.07, 6.45) is -1.91. The van der Waals surface area contributed by atoms with Crippen LogP contribution < -0.4 is 5.32 Å². The lowest BCUT2D eigenvalue weighted by Gasteiger charge is -1.99. The third kappa shape index (κ3) is 1.07. The summed E-state index contributed by atoms with van der Waals surface area (Å²) in [6, 6.07) is -1.04. The van der Waals surface area contributed by atoms with Gasteiger partial charge in [0.25, 0.3) is 5.91 Å². The van der Waals surface area contributed by atoms with Crippen LogP contribution in [0.15, 0.2) is 0 Å². The third-order valence-electron chi connectivity index (χ3n) is 1.34. The van der Waals surface area contributed by atoms with Crippen molar-refractivity contribution in [2.75, 3.05) is 0 Å². The Bertz CT molecular complexity index is 182. The molecule has 0 saturated carbocycles. The average molecular weight is 147 g/mol. The van der Waals surface area contributed by atoms with Gasteiger partial charge in [-0.2, -0.15) is 0 Å². The SMILES string of the molecule is O=C(O)[C@@H]1C[C@H](F)C(=O)N1. The lowest BCUT2D eigenvalue weighted by atomic mass is 10.2. The maximum Gasteiger partial charge on any atom is 0.326 e. The predicted octanol–water partition coefficient (Wildman–Crippen LogP) is -0.702. The highest BCUT2D eigenvalue weighted by Crippen LogP contribution is 2.10. The van der Waals surface area contributed by atoms with E-state index in [0.29, 0.717) is 0 Å². The maximum absolute atomic E-state index is 12.3. The van der Waals surface area contributed by atoms with Crippen LogP contribution in [-0.2, 0) is 9.59 Å². The molecule has 0 aromatic rings. The van der Waals surface area contributed by atoms with E-state index in [1.807, 2.05) is 5.32 Å². The molecule has 1 fully saturated rings. The first kappa shape index (κ1) is 6.98. The Morgan fingerprint density at radius 1 is 1.80 bits per heavy atom.